The van der Waals surface area contributed by atoms with Crippen LogP contribution >= 0.6 is 11.6 Å². The van der Waals surface area contributed by atoms with E-state index in [9.17, 15) is 0 Å². The molecule has 0 spiro atoms. The van der Waals surface area contributed by atoms with Crippen molar-refractivity contribution >= 4 is 11.6 Å². The van der Waals surface area contributed by atoms with Gasteiger partial charge in [0.25, 0.3) is 0 Å². The molecule has 3 heteroatoms. The van der Waals surface area contributed by atoms with Crippen LogP contribution in [0, 0.1) is 0 Å². The first-order valence-electron chi connectivity index (χ1n) is 5.35. The predicted octanol–water partition coefficient (Wildman–Crippen LogP) is 2.08. The van der Waals surface area contributed by atoms with Gasteiger partial charge in [0.1, 0.15) is 0 Å². The normalized spacial score (nSPS) is 12.7. The lowest BCUT2D eigenvalue weighted by molar-refractivity contribution is 0.526. The summed E-state index contributed by atoms with van der Waals surface area (Å²) in [6.45, 7) is 4.18. The zero-order chi connectivity index (χ0) is 11.1. The van der Waals surface area contributed by atoms with Crippen LogP contribution in [0.5, 0.6) is 0 Å². The number of hydrogen-bond donors (Lipinski definition) is 2. The van der Waals surface area contributed by atoms with Crippen LogP contribution in [0.3, 0.4) is 0 Å². The summed E-state index contributed by atoms with van der Waals surface area (Å²) in [7, 11) is 1.97. The molecular formula is C12H19ClN2. The largest absolute Gasteiger partial charge is 0.318 e. The summed E-state index contributed by atoms with van der Waals surface area (Å²) in [5, 5.41) is 7.40. The van der Waals surface area contributed by atoms with E-state index in [1.54, 1.807) is 0 Å². The van der Waals surface area contributed by atoms with Gasteiger partial charge in [0.15, 0.2) is 0 Å². The van der Waals surface area contributed by atoms with E-state index < -0.39 is 0 Å². The minimum Gasteiger partial charge on any atom is -0.318 e. The summed E-state index contributed by atoms with van der Waals surface area (Å²) >= 11 is 5.81. The quantitative estimate of drug-likeness (QED) is 0.776. The molecule has 0 saturated heterocycles. The second kappa shape index (κ2) is 6.83. The molecule has 84 valence electrons. The SMILES string of the molecule is CNCC(C)NCCc1ccc(Cl)cc1. The summed E-state index contributed by atoms with van der Waals surface area (Å²) in [6, 6.07) is 8.55. The van der Waals surface area contributed by atoms with Crippen molar-refractivity contribution in [2.75, 3.05) is 20.1 Å². The number of likely N-dealkylation sites (N-methyl/N-ethyl adjacent to an activating group) is 1. The Hall–Kier alpha value is -0.570. The second-order valence-electron chi connectivity index (χ2n) is 3.79. The van der Waals surface area contributed by atoms with Crippen molar-refractivity contribution in [3.05, 3.63) is 34.9 Å². The monoisotopic (exact) mass is 226 g/mol. The van der Waals surface area contributed by atoms with Gasteiger partial charge in [-0.15, -0.1) is 0 Å². The molecule has 0 bridgehead atoms. The first kappa shape index (κ1) is 12.5. The van der Waals surface area contributed by atoms with Crippen LogP contribution in [-0.4, -0.2) is 26.2 Å². The van der Waals surface area contributed by atoms with E-state index in [0.717, 1.165) is 24.5 Å². The van der Waals surface area contributed by atoms with Gasteiger partial charge in [-0.05, 0) is 44.6 Å². The van der Waals surface area contributed by atoms with Crippen LogP contribution in [0.25, 0.3) is 0 Å². The van der Waals surface area contributed by atoms with Crippen molar-refractivity contribution in [2.24, 2.45) is 0 Å². The molecule has 15 heavy (non-hydrogen) atoms. The molecule has 0 amide bonds. The summed E-state index contributed by atoms with van der Waals surface area (Å²) in [5.41, 5.74) is 1.32. The lowest BCUT2D eigenvalue weighted by Gasteiger charge is -2.12. The molecule has 0 aliphatic heterocycles. The third kappa shape index (κ3) is 5.17. The van der Waals surface area contributed by atoms with Crippen molar-refractivity contribution in [3.63, 3.8) is 0 Å². The Balaban J connectivity index is 2.22. The molecule has 0 aliphatic carbocycles. The molecule has 1 atom stereocenters. The zero-order valence-electron chi connectivity index (χ0n) is 9.39. The minimum atomic E-state index is 0.516. The highest BCUT2D eigenvalue weighted by atomic mass is 35.5. The van der Waals surface area contributed by atoms with Gasteiger partial charge in [0.2, 0.25) is 0 Å². The predicted molar refractivity (Wildman–Crippen MR) is 66.5 cm³/mol. The van der Waals surface area contributed by atoms with Crippen LogP contribution in [-0.2, 0) is 6.42 Å². The maximum absolute atomic E-state index is 5.81. The molecular weight excluding hydrogens is 208 g/mol. The molecule has 0 aliphatic rings. The van der Waals surface area contributed by atoms with Crippen molar-refractivity contribution in [2.45, 2.75) is 19.4 Å². The maximum Gasteiger partial charge on any atom is 0.0406 e. The van der Waals surface area contributed by atoms with Crippen LogP contribution < -0.4 is 10.6 Å². The molecule has 1 unspecified atom stereocenters. The van der Waals surface area contributed by atoms with E-state index in [2.05, 4.69) is 29.7 Å². The van der Waals surface area contributed by atoms with Gasteiger partial charge in [-0.3, -0.25) is 0 Å². The molecule has 0 fully saturated rings. The smallest absolute Gasteiger partial charge is 0.0406 e. The Bertz CT molecular complexity index is 271. The Morgan fingerprint density at radius 3 is 2.53 bits per heavy atom. The Morgan fingerprint density at radius 1 is 1.27 bits per heavy atom. The molecule has 1 aromatic carbocycles. The van der Waals surface area contributed by atoms with E-state index in [1.165, 1.54) is 5.56 Å². The standard InChI is InChI=1S/C12H19ClN2/c1-10(9-14-2)15-8-7-11-3-5-12(13)6-4-11/h3-6,10,14-15H,7-9H2,1-2H3. The van der Waals surface area contributed by atoms with Gasteiger partial charge in [-0.1, -0.05) is 23.7 Å². The first-order chi connectivity index (χ1) is 7.22. The highest BCUT2D eigenvalue weighted by molar-refractivity contribution is 6.30. The number of hydrogen-bond acceptors (Lipinski definition) is 2. The second-order valence-corrected chi connectivity index (χ2v) is 4.23. The molecule has 2 nitrogen and oxygen atoms in total. The van der Waals surface area contributed by atoms with Crippen molar-refractivity contribution < 1.29 is 0 Å². The molecule has 0 radical (unpaired) electrons. The summed E-state index contributed by atoms with van der Waals surface area (Å²) in [4.78, 5) is 0. The number of rotatable bonds is 6. The number of halogens is 1. The van der Waals surface area contributed by atoms with Gasteiger partial charge in [0, 0.05) is 17.6 Å². The highest BCUT2D eigenvalue weighted by Crippen LogP contribution is 2.09. The minimum absolute atomic E-state index is 0.516. The van der Waals surface area contributed by atoms with Gasteiger partial charge in [-0.2, -0.15) is 0 Å². The van der Waals surface area contributed by atoms with Gasteiger partial charge >= 0.3 is 0 Å². The lowest BCUT2D eigenvalue weighted by atomic mass is 10.1. The Kier molecular flexibility index (Phi) is 5.69. The average Bonchev–Trinajstić information content (AvgIpc) is 2.21. The Morgan fingerprint density at radius 2 is 1.93 bits per heavy atom. The van der Waals surface area contributed by atoms with Crippen molar-refractivity contribution in [1.82, 2.24) is 10.6 Å². The van der Waals surface area contributed by atoms with Crippen molar-refractivity contribution in [3.8, 4) is 0 Å². The highest BCUT2D eigenvalue weighted by Gasteiger charge is 1.98. The third-order valence-corrected chi connectivity index (χ3v) is 2.58. The van der Waals surface area contributed by atoms with E-state index in [-0.39, 0.29) is 0 Å². The third-order valence-electron chi connectivity index (χ3n) is 2.33. The van der Waals surface area contributed by atoms with Crippen LogP contribution in [0.1, 0.15) is 12.5 Å². The van der Waals surface area contributed by atoms with Crippen molar-refractivity contribution in [1.29, 1.82) is 0 Å². The Labute approximate surface area is 97.0 Å². The average molecular weight is 227 g/mol. The van der Waals surface area contributed by atoms with Crippen LogP contribution in [0.15, 0.2) is 24.3 Å². The van der Waals surface area contributed by atoms with Crippen LogP contribution in [0.2, 0.25) is 5.02 Å². The molecule has 1 aromatic rings. The fraction of sp³-hybridized carbons (Fsp3) is 0.500. The van der Waals surface area contributed by atoms with Gasteiger partial charge in [0.05, 0.1) is 0 Å². The summed E-state index contributed by atoms with van der Waals surface area (Å²) in [5.74, 6) is 0. The van der Waals surface area contributed by atoms with E-state index in [1.807, 2.05) is 19.2 Å². The molecule has 0 heterocycles. The fourth-order valence-electron chi connectivity index (χ4n) is 1.49. The maximum atomic E-state index is 5.81. The van der Waals surface area contributed by atoms with Crippen LogP contribution in [0.4, 0.5) is 0 Å². The molecule has 0 saturated carbocycles. The molecule has 1 rings (SSSR count). The van der Waals surface area contributed by atoms with E-state index in [4.69, 9.17) is 11.6 Å². The lowest BCUT2D eigenvalue weighted by Crippen LogP contribution is -2.35. The fourth-order valence-corrected chi connectivity index (χ4v) is 1.62. The topological polar surface area (TPSA) is 24.1 Å². The van der Waals surface area contributed by atoms with E-state index >= 15 is 0 Å². The zero-order valence-corrected chi connectivity index (χ0v) is 10.1. The number of nitrogens with one attached hydrogen (secondary N) is 2. The summed E-state index contributed by atoms with van der Waals surface area (Å²) in [6.07, 6.45) is 1.05. The van der Waals surface area contributed by atoms with Gasteiger partial charge < -0.3 is 10.6 Å². The van der Waals surface area contributed by atoms with Gasteiger partial charge in [-0.25, -0.2) is 0 Å². The summed E-state index contributed by atoms with van der Waals surface area (Å²) < 4.78 is 0. The number of benzene rings is 1. The van der Waals surface area contributed by atoms with E-state index in [0.29, 0.717) is 6.04 Å². The molecule has 2 N–H and O–H groups in total. The molecule has 0 aromatic heterocycles. The first-order valence-corrected chi connectivity index (χ1v) is 5.72.